The smallest absolute Gasteiger partial charge is 0.287 e. The van der Waals surface area contributed by atoms with Crippen LogP contribution in [0.5, 0.6) is 5.75 Å². The monoisotopic (exact) mass is 282 g/mol. The van der Waals surface area contributed by atoms with Crippen molar-refractivity contribution in [1.82, 2.24) is 4.72 Å². The summed E-state index contributed by atoms with van der Waals surface area (Å²) in [7, 11) is 0. The number of carbonyl (C=O) groups is 1. The molecule has 1 aromatic carbocycles. The highest BCUT2D eigenvalue weighted by atomic mass is 32.2. The summed E-state index contributed by atoms with van der Waals surface area (Å²) in [5.41, 5.74) is 1.45. The number of phenolic OH excluding ortho intramolecular Hbond substituents is 1. The molecule has 7 heteroatoms. The Hall–Kier alpha value is -1.44. The molecule has 2 atom stereocenters. The number of phenols is 1. The summed E-state index contributed by atoms with van der Waals surface area (Å²) >= 11 is -1.62. The van der Waals surface area contributed by atoms with E-state index in [2.05, 4.69) is 4.72 Å². The van der Waals surface area contributed by atoms with Crippen molar-refractivity contribution in [3.63, 3.8) is 0 Å². The average Bonchev–Trinajstić information content (AvgIpc) is 3.00. The summed E-state index contributed by atoms with van der Waals surface area (Å²) in [6.45, 7) is 1.38. The highest BCUT2D eigenvalue weighted by molar-refractivity contribution is 7.92. The average molecular weight is 282 g/mol. The molecule has 1 amide bonds. The summed E-state index contributed by atoms with van der Waals surface area (Å²) in [5, 5.41) is 9.90. The van der Waals surface area contributed by atoms with Gasteiger partial charge in [0.15, 0.2) is 18.1 Å². The molecule has 1 aromatic rings. The fourth-order valence-electron chi connectivity index (χ4n) is 2.34. The van der Waals surface area contributed by atoms with Gasteiger partial charge in [0.1, 0.15) is 11.4 Å². The van der Waals surface area contributed by atoms with Crippen LogP contribution in [-0.2, 0) is 21.1 Å². The summed E-state index contributed by atoms with van der Waals surface area (Å²) in [5.74, 6) is -0.00102. The predicted molar refractivity (Wildman–Crippen MR) is 69.9 cm³/mol. The third-order valence-electron chi connectivity index (χ3n) is 3.36. The zero-order valence-electron chi connectivity index (χ0n) is 10.2. The van der Waals surface area contributed by atoms with Crippen LogP contribution < -0.4 is 9.03 Å². The van der Waals surface area contributed by atoms with Gasteiger partial charge in [0.05, 0.1) is 6.61 Å². The maximum absolute atomic E-state index is 11.7. The van der Waals surface area contributed by atoms with Gasteiger partial charge in [-0.1, -0.05) is 6.07 Å². The van der Waals surface area contributed by atoms with Gasteiger partial charge in [0.25, 0.3) is 5.91 Å². The quantitative estimate of drug-likeness (QED) is 0.768. The van der Waals surface area contributed by atoms with Crippen molar-refractivity contribution in [2.75, 3.05) is 24.1 Å². The van der Waals surface area contributed by atoms with Crippen molar-refractivity contribution >= 4 is 23.1 Å². The van der Waals surface area contributed by atoms with Crippen molar-refractivity contribution in [1.29, 1.82) is 0 Å². The largest absolute Gasteiger partial charge is 0.568 e. The molecule has 6 nitrogen and oxygen atoms in total. The Morgan fingerprint density at radius 2 is 2.37 bits per heavy atom. The molecule has 2 fully saturated rings. The Balaban J connectivity index is 1.91. The first-order valence-electron chi connectivity index (χ1n) is 6.05. The first kappa shape index (κ1) is 12.6. The summed E-state index contributed by atoms with van der Waals surface area (Å²) < 4.78 is 20.7. The van der Waals surface area contributed by atoms with Gasteiger partial charge in [-0.3, -0.25) is 4.79 Å². The molecule has 0 radical (unpaired) electrons. The van der Waals surface area contributed by atoms with Crippen molar-refractivity contribution in [3.05, 3.63) is 23.8 Å². The Bertz CT molecular complexity index is 505. The van der Waals surface area contributed by atoms with Gasteiger partial charge >= 0.3 is 0 Å². The van der Waals surface area contributed by atoms with E-state index >= 15 is 0 Å². The van der Waals surface area contributed by atoms with Crippen LogP contribution in [-0.4, -0.2) is 35.3 Å². The molecular weight excluding hydrogens is 268 g/mol. The summed E-state index contributed by atoms with van der Waals surface area (Å²) in [6.07, 6.45) is 0.935. The molecule has 3 rings (SSSR count). The highest BCUT2D eigenvalue weighted by Crippen LogP contribution is 2.35. The number of amides is 1. The van der Waals surface area contributed by atoms with Crippen LogP contribution in [0.4, 0.5) is 5.69 Å². The van der Waals surface area contributed by atoms with Crippen LogP contribution in [0.1, 0.15) is 17.9 Å². The van der Waals surface area contributed by atoms with E-state index < -0.39 is 11.5 Å². The van der Waals surface area contributed by atoms with Crippen LogP contribution in [0, 0.1) is 0 Å². The number of hydrogen-bond acceptors (Lipinski definition) is 5. The van der Waals surface area contributed by atoms with Gasteiger partial charge < -0.3 is 14.4 Å². The maximum atomic E-state index is 11.7. The molecule has 19 heavy (non-hydrogen) atoms. The Morgan fingerprint density at radius 1 is 1.53 bits per heavy atom. The second kappa shape index (κ2) is 4.92. The number of carbonyl (C=O) groups excluding carboxylic acids is 1. The molecule has 2 N–H and O–H groups in total. The fraction of sp³-hybridized carbons (Fsp3) is 0.417. The molecule has 2 unspecified atom stereocenters. The van der Waals surface area contributed by atoms with Crippen LogP contribution in [0.3, 0.4) is 0 Å². The second-order valence-corrected chi connectivity index (χ2v) is 5.76. The van der Waals surface area contributed by atoms with E-state index in [1.165, 1.54) is 4.31 Å². The minimum atomic E-state index is -1.62. The molecule has 0 aromatic heterocycles. The second-order valence-electron chi connectivity index (χ2n) is 4.62. The zero-order valence-corrected chi connectivity index (χ0v) is 11.0. The summed E-state index contributed by atoms with van der Waals surface area (Å²) in [4.78, 5) is 11.2. The molecule has 0 aliphatic carbocycles. The predicted octanol–water partition coefficient (Wildman–Crippen LogP) is 0.411. The third kappa shape index (κ3) is 2.36. The molecule has 0 saturated carbocycles. The van der Waals surface area contributed by atoms with E-state index in [1.807, 2.05) is 6.07 Å². The van der Waals surface area contributed by atoms with E-state index in [0.717, 1.165) is 18.6 Å². The van der Waals surface area contributed by atoms with Crippen LogP contribution in [0.25, 0.3) is 0 Å². The minimum absolute atomic E-state index is 0.00914. The third-order valence-corrected chi connectivity index (χ3v) is 4.49. The number of rotatable bonds is 2. The van der Waals surface area contributed by atoms with Crippen molar-refractivity contribution in [2.24, 2.45) is 0 Å². The number of benzene rings is 1. The Kier molecular flexibility index (Phi) is 3.26. The van der Waals surface area contributed by atoms with Crippen molar-refractivity contribution < 1.29 is 19.2 Å². The SMILES string of the molecule is O=C1CN(c2cc(C3CCOC3)ccc2O)[S+]([O-])N1. The van der Waals surface area contributed by atoms with Crippen molar-refractivity contribution in [3.8, 4) is 5.75 Å². The van der Waals surface area contributed by atoms with Crippen LogP contribution in [0.2, 0.25) is 0 Å². The Labute approximate surface area is 113 Å². The van der Waals surface area contributed by atoms with Crippen LogP contribution in [0.15, 0.2) is 18.2 Å². The Morgan fingerprint density at radius 3 is 3.00 bits per heavy atom. The van der Waals surface area contributed by atoms with Crippen molar-refractivity contribution in [2.45, 2.75) is 12.3 Å². The number of nitrogens with zero attached hydrogens (tertiary/aromatic N) is 1. The maximum Gasteiger partial charge on any atom is 0.287 e. The van der Waals surface area contributed by atoms with E-state index in [0.29, 0.717) is 18.2 Å². The lowest BCUT2D eigenvalue weighted by Crippen LogP contribution is -2.29. The fourth-order valence-corrected chi connectivity index (χ4v) is 3.27. The number of ether oxygens (including phenoxy) is 1. The summed E-state index contributed by atoms with van der Waals surface area (Å²) in [6, 6.07) is 5.20. The van der Waals surface area contributed by atoms with Gasteiger partial charge in [-0.2, -0.15) is 4.31 Å². The first-order valence-corrected chi connectivity index (χ1v) is 7.15. The van der Waals surface area contributed by atoms with Gasteiger partial charge in [-0.25, -0.2) is 0 Å². The van der Waals surface area contributed by atoms with E-state index in [4.69, 9.17) is 4.74 Å². The number of nitrogens with one attached hydrogen (secondary N) is 1. The molecular formula is C12H14N2O4S. The highest BCUT2D eigenvalue weighted by Gasteiger charge is 2.36. The number of anilines is 1. The van der Waals surface area contributed by atoms with Gasteiger partial charge in [-0.05, 0) is 24.1 Å². The molecule has 2 aliphatic rings. The molecule has 0 bridgehead atoms. The van der Waals surface area contributed by atoms with E-state index in [-0.39, 0.29) is 18.2 Å². The molecule has 102 valence electrons. The first-order chi connectivity index (χ1) is 9.15. The van der Waals surface area contributed by atoms with Gasteiger partial charge in [0, 0.05) is 12.5 Å². The van der Waals surface area contributed by atoms with E-state index in [1.54, 1.807) is 12.1 Å². The van der Waals surface area contributed by atoms with E-state index in [9.17, 15) is 14.5 Å². The molecule has 2 aliphatic heterocycles. The standard InChI is InChI=1S/C12H14N2O4S/c15-11-2-1-8(9-3-4-18-7-9)5-10(11)14-6-12(16)13-19(14)17/h1-2,5,9,15H,3-4,6-7H2,(H,13,16). The number of hydrogen-bond donors (Lipinski definition) is 2. The lowest BCUT2D eigenvalue weighted by molar-refractivity contribution is -0.117. The minimum Gasteiger partial charge on any atom is -0.568 e. The van der Waals surface area contributed by atoms with Gasteiger partial charge in [-0.15, -0.1) is 4.72 Å². The molecule has 2 saturated heterocycles. The lowest BCUT2D eigenvalue weighted by Gasteiger charge is -2.18. The topological polar surface area (TPSA) is 84.9 Å². The lowest BCUT2D eigenvalue weighted by atomic mass is 9.98. The normalized spacial score (nSPS) is 26.8. The zero-order chi connectivity index (χ0) is 13.4. The van der Waals surface area contributed by atoms with Gasteiger partial charge in [0.2, 0.25) is 0 Å². The van der Waals surface area contributed by atoms with Crippen LogP contribution >= 0.6 is 0 Å². The molecule has 0 spiro atoms. The molecule has 2 heterocycles. The number of aromatic hydroxyl groups is 1.